The molecule has 0 bridgehead atoms. The maximum atomic E-state index is 6.63. The van der Waals surface area contributed by atoms with Crippen LogP contribution in [0.5, 0.6) is 0 Å². The third-order valence-electron chi connectivity index (χ3n) is 3.34. The summed E-state index contributed by atoms with van der Waals surface area (Å²) in [7, 11) is -7.14. The molecule has 1 saturated heterocycles. The first kappa shape index (κ1) is 24.7. The molecule has 1 aliphatic rings. The molecule has 0 radical (unpaired) electrons. The highest BCUT2D eigenvalue weighted by Crippen LogP contribution is 2.31. The van der Waals surface area contributed by atoms with Gasteiger partial charge in [0.1, 0.15) is 12.2 Å². The molecule has 0 aliphatic carbocycles. The fourth-order valence-electron chi connectivity index (χ4n) is 2.83. The third kappa shape index (κ3) is 9.74. The molecular weight excluding hydrogens is 397 g/mol. The van der Waals surface area contributed by atoms with Gasteiger partial charge in [0.25, 0.3) is 0 Å². The average Bonchev–Trinajstić information content (AvgIpc) is 2.30. The second-order valence-electron chi connectivity index (χ2n) is 11.1. The lowest BCUT2D eigenvalue weighted by Gasteiger charge is -2.48. The van der Waals surface area contributed by atoms with Crippen LogP contribution in [0.2, 0.25) is 78.6 Å². The van der Waals surface area contributed by atoms with Crippen molar-refractivity contribution in [2.75, 3.05) is 6.61 Å². The predicted molar refractivity (Wildman–Crippen MR) is 119 cm³/mol. The summed E-state index contributed by atoms with van der Waals surface area (Å²) in [6.45, 7) is 26.9. The van der Waals surface area contributed by atoms with Crippen LogP contribution in [-0.4, -0.2) is 64.5 Å². The van der Waals surface area contributed by atoms with Crippen molar-refractivity contribution in [1.82, 2.24) is 0 Å². The van der Waals surface area contributed by atoms with Gasteiger partial charge in [-0.05, 0) is 78.6 Å². The minimum Gasteiger partial charge on any atom is -0.410 e. The minimum atomic E-state index is -1.82. The van der Waals surface area contributed by atoms with Crippen molar-refractivity contribution < 1.29 is 22.4 Å². The molecule has 0 amide bonds. The van der Waals surface area contributed by atoms with Gasteiger partial charge in [0.2, 0.25) is 0 Å². The second kappa shape index (κ2) is 8.58. The molecule has 0 saturated carbocycles. The van der Waals surface area contributed by atoms with Gasteiger partial charge in [-0.25, -0.2) is 0 Å². The Kier molecular flexibility index (Phi) is 8.15. The maximum Gasteiger partial charge on any atom is 0.187 e. The zero-order valence-corrected chi connectivity index (χ0v) is 23.1. The van der Waals surface area contributed by atoms with Crippen LogP contribution in [0.3, 0.4) is 0 Å². The predicted octanol–water partition coefficient (Wildman–Crippen LogP) is 4.85. The van der Waals surface area contributed by atoms with Crippen LogP contribution in [0.15, 0.2) is 0 Å². The van der Waals surface area contributed by atoms with Gasteiger partial charge in [-0.3, -0.25) is 0 Å². The van der Waals surface area contributed by atoms with Gasteiger partial charge in [0, 0.05) is 0 Å². The molecule has 0 N–H and O–H groups in total. The van der Waals surface area contributed by atoms with Gasteiger partial charge >= 0.3 is 0 Å². The molecule has 5 nitrogen and oxygen atoms in total. The Balaban J connectivity index is 3.20. The largest absolute Gasteiger partial charge is 0.410 e. The van der Waals surface area contributed by atoms with Crippen molar-refractivity contribution in [3.8, 4) is 0 Å². The highest BCUT2D eigenvalue weighted by Gasteiger charge is 2.48. The van der Waals surface area contributed by atoms with Crippen LogP contribution >= 0.6 is 0 Å². The number of ether oxygens (including phenoxy) is 1. The summed E-state index contributed by atoms with van der Waals surface area (Å²) in [6.07, 6.45) is -0.863. The maximum absolute atomic E-state index is 6.63. The van der Waals surface area contributed by atoms with E-state index in [-0.39, 0.29) is 24.6 Å². The Morgan fingerprint density at radius 3 is 1.31 bits per heavy atom. The fraction of sp³-hybridized carbons (Fsp3) is 1.00. The molecule has 1 unspecified atom stereocenters. The van der Waals surface area contributed by atoms with Crippen molar-refractivity contribution in [2.45, 2.75) is 103 Å². The topological polar surface area (TPSA) is 46.2 Å². The Hall–Kier alpha value is 0.668. The summed E-state index contributed by atoms with van der Waals surface area (Å²) >= 11 is 0. The quantitative estimate of drug-likeness (QED) is 0.507. The molecule has 1 fully saturated rings. The van der Waals surface area contributed by atoms with E-state index in [1.54, 1.807) is 0 Å². The standard InChI is InChI=1S/C17H42O5Si4/c1-23(2,3)19-14-13-18-17(22-26(10,11)12)16(21-25(7,8)9)15(14)20-24(4,5)6/h14-17H,13H2,1-12H3/t14-,15?,16+,17-/m1/s1. The molecule has 0 spiro atoms. The SMILES string of the molecule is C[Si](C)(C)OC1[C@H](O[Si](C)(C)C)CO[C@H](O[Si](C)(C)C)[C@H]1O[Si](C)(C)C. The molecule has 0 aromatic carbocycles. The normalized spacial score (nSPS) is 29.1. The van der Waals surface area contributed by atoms with E-state index < -0.39 is 33.3 Å². The second-order valence-corrected chi connectivity index (χ2v) is 28.9. The van der Waals surface area contributed by atoms with E-state index in [1.807, 2.05) is 0 Å². The number of hydrogen-bond acceptors (Lipinski definition) is 5. The van der Waals surface area contributed by atoms with E-state index in [2.05, 4.69) is 78.6 Å². The Labute approximate surface area is 165 Å². The molecule has 1 aliphatic heterocycles. The molecule has 0 aromatic heterocycles. The van der Waals surface area contributed by atoms with Crippen molar-refractivity contribution in [3.05, 3.63) is 0 Å². The molecule has 0 aromatic rings. The number of rotatable bonds is 8. The van der Waals surface area contributed by atoms with Crippen molar-refractivity contribution in [2.24, 2.45) is 0 Å². The first-order valence-electron chi connectivity index (χ1n) is 9.69. The lowest BCUT2D eigenvalue weighted by Crippen LogP contribution is -2.63. The number of hydrogen-bond donors (Lipinski definition) is 0. The van der Waals surface area contributed by atoms with Crippen LogP contribution in [0, 0.1) is 0 Å². The van der Waals surface area contributed by atoms with E-state index in [9.17, 15) is 0 Å². The Bertz CT molecular complexity index is 406. The van der Waals surface area contributed by atoms with Gasteiger partial charge in [-0.2, -0.15) is 0 Å². The van der Waals surface area contributed by atoms with Crippen molar-refractivity contribution in [3.63, 3.8) is 0 Å². The van der Waals surface area contributed by atoms with E-state index in [4.69, 9.17) is 22.4 Å². The van der Waals surface area contributed by atoms with Crippen LogP contribution in [0.1, 0.15) is 0 Å². The molecule has 26 heavy (non-hydrogen) atoms. The first-order chi connectivity index (χ1) is 11.4. The summed E-state index contributed by atoms with van der Waals surface area (Å²) in [4.78, 5) is 0. The lowest BCUT2D eigenvalue weighted by atomic mass is 10.1. The van der Waals surface area contributed by atoms with Crippen LogP contribution in [0.4, 0.5) is 0 Å². The third-order valence-corrected chi connectivity index (χ3v) is 7.24. The first-order valence-corrected chi connectivity index (χ1v) is 23.3. The van der Waals surface area contributed by atoms with Gasteiger partial charge in [0.15, 0.2) is 39.6 Å². The fourth-order valence-corrected chi connectivity index (χ4v) is 7.01. The van der Waals surface area contributed by atoms with E-state index in [0.29, 0.717) is 6.61 Å². The van der Waals surface area contributed by atoms with Crippen LogP contribution in [-0.2, 0) is 22.4 Å². The average molecular weight is 439 g/mol. The van der Waals surface area contributed by atoms with Crippen molar-refractivity contribution in [1.29, 1.82) is 0 Å². The molecule has 156 valence electrons. The highest BCUT2D eigenvalue weighted by molar-refractivity contribution is 6.71. The zero-order valence-electron chi connectivity index (χ0n) is 19.1. The molecule has 1 rings (SSSR count). The van der Waals surface area contributed by atoms with Crippen LogP contribution < -0.4 is 0 Å². The summed E-state index contributed by atoms with van der Waals surface area (Å²) < 4.78 is 32.2. The smallest absolute Gasteiger partial charge is 0.187 e. The highest BCUT2D eigenvalue weighted by atomic mass is 28.4. The van der Waals surface area contributed by atoms with Gasteiger partial charge in [0.05, 0.1) is 12.7 Å². The lowest BCUT2D eigenvalue weighted by molar-refractivity contribution is -0.232. The van der Waals surface area contributed by atoms with E-state index >= 15 is 0 Å². The molecular formula is C17H42O5Si4. The molecule has 9 heteroatoms. The Morgan fingerprint density at radius 1 is 0.538 bits per heavy atom. The van der Waals surface area contributed by atoms with E-state index in [1.165, 1.54) is 0 Å². The summed E-state index contributed by atoms with van der Waals surface area (Å²) in [5, 5.41) is 0. The Morgan fingerprint density at radius 2 is 0.923 bits per heavy atom. The van der Waals surface area contributed by atoms with Crippen LogP contribution in [0.25, 0.3) is 0 Å². The zero-order chi connectivity index (χ0) is 20.6. The monoisotopic (exact) mass is 438 g/mol. The van der Waals surface area contributed by atoms with E-state index in [0.717, 1.165) is 0 Å². The summed E-state index contributed by atoms with van der Waals surface area (Å²) in [5.74, 6) is 0. The summed E-state index contributed by atoms with van der Waals surface area (Å²) in [5.41, 5.74) is 0. The van der Waals surface area contributed by atoms with Gasteiger partial charge in [-0.15, -0.1) is 0 Å². The molecule has 4 atom stereocenters. The molecule has 1 heterocycles. The summed E-state index contributed by atoms with van der Waals surface area (Å²) in [6, 6.07) is 0. The van der Waals surface area contributed by atoms with Gasteiger partial charge < -0.3 is 22.4 Å². The van der Waals surface area contributed by atoms with Gasteiger partial charge in [-0.1, -0.05) is 0 Å². The minimum absolute atomic E-state index is 0.101. The van der Waals surface area contributed by atoms with Crippen molar-refractivity contribution >= 4 is 33.3 Å².